The van der Waals surface area contributed by atoms with Gasteiger partial charge in [-0.05, 0) is 25.2 Å². The zero-order valence-electron chi connectivity index (χ0n) is 11.6. The quantitative estimate of drug-likeness (QED) is 0.647. The van der Waals surface area contributed by atoms with Crippen molar-refractivity contribution in [3.63, 3.8) is 0 Å². The maximum Gasteiger partial charge on any atom is 0.315 e. The van der Waals surface area contributed by atoms with Gasteiger partial charge in [-0.2, -0.15) is 0 Å². The summed E-state index contributed by atoms with van der Waals surface area (Å²) in [6.45, 7) is 6.42. The molecule has 0 radical (unpaired) electrons. The summed E-state index contributed by atoms with van der Waals surface area (Å²) in [5.41, 5.74) is 0.609. The highest BCUT2D eigenvalue weighted by molar-refractivity contribution is 5.74. The van der Waals surface area contributed by atoms with Crippen LogP contribution >= 0.6 is 0 Å². The number of nitrogens with one attached hydrogen (secondary N) is 2. The molecule has 0 aromatic carbocycles. The van der Waals surface area contributed by atoms with E-state index < -0.39 is 5.97 Å². The third kappa shape index (κ3) is 5.77. The fraction of sp³-hybridized carbons (Fsp3) is 0.714. The van der Waals surface area contributed by atoms with Crippen LogP contribution in [-0.4, -0.2) is 30.2 Å². The molecule has 0 heterocycles. The van der Waals surface area contributed by atoms with Gasteiger partial charge >= 0.3 is 12.0 Å². The number of carboxylic acids is 1. The van der Waals surface area contributed by atoms with Gasteiger partial charge in [-0.25, -0.2) is 4.79 Å². The lowest BCUT2D eigenvalue weighted by molar-refractivity contribution is -0.140. The van der Waals surface area contributed by atoms with Crippen molar-refractivity contribution in [2.75, 3.05) is 13.1 Å². The van der Waals surface area contributed by atoms with Crippen molar-refractivity contribution in [1.29, 1.82) is 0 Å². The molecule has 1 aliphatic carbocycles. The Morgan fingerprint density at radius 3 is 2.37 bits per heavy atom. The van der Waals surface area contributed by atoms with Crippen LogP contribution < -0.4 is 10.6 Å². The normalized spacial score (nSPS) is 17.5. The molecular weight excluding hydrogens is 244 g/mol. The number of aliphatic carboxylic acids is 1. The zero-order valence-corrected chi connectivity index (χ0v) is 11.6. The van der Waals surface area contributed by atoms with E-state index in [4.69, 9.17) is 5.11 Å². The summed E-state index contributed by atoms with van der Waals surface area (Å²) in [5, 5.41) is 14.5. The van der Waals surface area contributed by atoms with Crippen LogP contribution in [0, 0.1) is 5.41 Å². The van der Waals surface area contributed by atoms with Gasteiger partial charge in [0.1, 0.15) is 0 Å². The highest BCUT2D eigenvalue weighted by atomic mass is 16.4. The maximum absolute atomic E-state index is 11.6. The molecule has 1 fully saturated rings. The molecule has 0 saturated heterocycles. The van der Waals surface area contributed by atoms with Crippen LogP contribution in [0.3, 0.4) is 0 Å². The molecular formula is C14H24N2O3. The van der Waals surface area contributed by atoms with Gasteiger partial charge in [0, 0.05) is 13.1 Å². The van der Waals surface area contributed by atoms with Crippen LogP contribution in [0.15, 0.2) is 12.2 Å². The van der Waals surface area contributed by atoms with Gasteiger partial charge in [-0.15, -0.1) is 0 Å². The van der Waals surface area contributed by atoms with Crippen LogP contribution in [0.25, 0.3) is 0 Å². The summed E-state index contributed by atoms with van der Waals surface area (Å²) in [6, 6.07) is -0.252. The SMILES string of the molecule is C=C(C)CNC(=O)NCC1(CC(=O)O)CCCCC1. The lowest BCUT2D eigenvalue weighted by atomic mass is 9.72. The minimum Gasteiger partial charge on any atom is -0.481 e. The molecule has 5 nitrogen and oxygen atoms in total. The van der Waals surface area contributed by atoms with Crippen LogP contribution in [0.2, 0.25) is 0 Å². The van der Waals surface area contributed by atoms with E-state index in [2.05, 4.69) is 17.2 Å². The third-order valence-corrected chi connectivity index (χ3v) is 3.62. The average molecular weight is 268 g/mol. The Morgan fingerprint density at radius 2 is 1.84 bits per heavy atom. The molecule has 0 atom stereocenters. The third-order valence-electron chi connectivity index (χ3n) is 3.62. The number of carbonyl (C=O) groups excluding carboxylic acids is 1. The van der Waals surface area contributed by atoms with Gasteiger partial charge in [-0.1, -0.05) is 31.4 Å². The van der Waals surface area contributed by atoms with Gasteiger partial charge in [0.05, 0.1) is 6.42 Å². The second-order valence-electron chi connectivity index (χ2n) is 5.62. The largest absolute Gasteiger partial charge is 0.481 e. The number of hydrogen-bond acceptors (Lipinski definition) is 2. The van der Waals surface area contributed by atoms with Gasteiger partial charge in [0.15, 0.2) is 0 Å². The minimum atomic E-state index is -0.786. The first kappa shape index (κ1) is 15.5. The molecule has 1 rings (SSSR count). The van der Waals surface area contributed by atoms with E-state index in [1.807, 2.05) is 6.92 Å². The minimum absolute atomic E-state index is 0.133. The second kappa shape index (κ2) is 7.16. The van der Waals surface area contributed by atoms with Gasteiger partial charge in [0.2, 0.25) is 0 Å². The van der Waals surface area contributed by atoms with Crippen LogP contribution in [0.5, 0.6) is 0 Å². The van der Waals surface area contributed by atoms with Crippen molar-refractivity contribution in [2.24, 2.45) is 5.41 Å². The molecule has 0 unspecified atom stereocenters. The van der Waals surface area contributed by atoms with Crippen molar-refractivity contribution in [3.05, 3.63) is 12.2 Å². The van der Waals surface area contributed by atoms with E-state index in [1.165, 1.54) is 0 Å². The molecule has 5 heteroatoms. The number of rotatable bonds is 6. The van der Waals surface area contributed by atoms with E-state index in [1.54, 1.807) is 0 Å². The van der Waals surface area contributed by atoms with Crippen LogP contribution in [0.1, 0.15) is 45.4 Å². The van der Waals surface area contributed by atoms with E-state index in [-0.39, 0.29) is 17.9 Å². The van der Waals surface area contributed by atoms with Crippen molar-refractivity contribution in [3.8, 4) is 0 Å². The Morgan fingerprint density at radius 1 is 1.21 bits per heavy atom. The predicted octanol–water partition coefficient (Wildman–Crippen LogP) is 2.29. The monoisotopic (exact) mass is 268 g/mol. The molecule has 108 valence electrons. The smallest absolute Gasteiger partial charge is 0.315 e. The summed E-state index contributed by atoms with van der Waals surface area (Å²) in [4.78, 5) is 22.6. The number of carboxylic acid groups (broad SMARTS) is 1. The van der Waals surface area contributed by atoms with Crippen molar-refractivity contribution >= 4 is 12.0 Å². The Bertz CT molecular complexity index is 347. The van der Waals surface area contributed by atoms with E-state index in [9.17, 15) is 9.59 Å². The van der Waals surface area contributed by atoms with Crippen LogP contribution in [0.4, 0.5) is 4.79 Å². The first-order chi connectivity index (χ1) is 8.93. The highest BCUT2D eigenvalue weighted by Gasteiger charge is 2.34. The zero-order chi connectivity index (χ0) is 14.3. The summed E-state index contributed by atoms with van der Waals surface area (Å²) < 4.78 is 0. The fourth-order valence-electron chi connectivity index (χ4n) is 2.60. The summed E-state index contributed by atoms with van der Waals surface area (Å²) in [6.07, 6.45) is 5.13. The van der Waals surface area contributed by atoms with Crippen molar-refractivity contribution < 1.29 is 14.7 Å². The standard InChI is InChI=1S/C14H24N2O3/c1-11(2)9-15-13(19)16-10-14(8-12(17)18)6-4-3-5-7-14/h1,3-10H2,2H3,(H,17,18)(H2,15,16,19). The lowest BCUT2D eigenvalue weighted by Crippen LogP contribution is -2.44. The molecule has 1 saturated carbocycles. The van der Waals surface area contributed by atoms with E-state index >= 15 is 0 Å². The second-order valence-corrected chi connectivity index (χ2v) is 5.62. The Balaban J connectivity index is 2.46. The Hall–Kier alpha value is -1.52. The maximum atomic E-state index is 11.6. The topological polar surface area (TPSA) is 78.4 Å². The van der Waals surface area contributed by atoms with Gasteiger partial charge in [0.25, 0.3) is 0 Å². The Labute approximate surface area is 114 Å². The number of amides is 2. The van der Waals surface area contributed by atoms with Crippen molar-refractivity contribution in [1.82, 2.24) is 10.6 Å². The lowest BCUT2D eigenvalue weighted by Gasteiger charge is -2.36. The molecule has 0 aliphatic heterocycles. The molecule has 0 aromatic heterocycles. The first-order valence-corrected chi connectivity index (χ1v) is 6.81. The molecule has 2 amide bonds. The molecule has 0 spiro atoms. The first-order valence-electron chi connectivity index (χ1n) is 6.81. The van der Waals surface area contributed by atoms with E-state index in [0.29, 0.717) is 13.1 Å². The Kier molecular flexibility index (Phi) is 5.86. The number of urea groups is 1. The molecule has 19 heavy (non-hydrogen) atoms. The van der Waals surface area contributed by atoms with Gasteiger partial charge < -0.3 is 15.7 Å². The molecule has 0 bridgehead atoms. The van der Waals surface area contributed by atoms with Crippen LogP contribution in [-0.2, 0) is 4.79 Å². The molecule has 3 N–H and O–H groups in total. The fourth-order valence-corrected chi connectivity index (χ4v) is 2.60. The molecule has 0 aromatic rings. The number of carbonyl (C=O) groups is 2. The summed E-state index contributed by atoms with van der Waals surface area (Å²) in [7, 11) is 0. The number of hydrogen-bond donors (Lipinski definition) is 3. The van der Waals surface area contributed by atoms with Gasteiger partial charge in [-0.3, -0.25) is 4.79 Å². The summed E-state index contributed by atoms with van der Waals surface area (Å²) >= 11 is 0. The molecule has 1 aliphatic rings. The van der Waals surface area contributed by atoms with Crippen molar-refractivity contribution in [2.45, 2.75) is 45.4 Å². The summed E-state index contributed by atoms with van der Waals surface area (Å²) in [5.74, 6) is -0.786. The average Bonchev–Trinajstić information content (AvgIpc) is 2.34. The predicted molar refractivity (Wildman–Crippen MR) is 74.0 cm³/mol. The van der Waals surface area contributed by atoms with E-state index in [0.717, 1.165) is 37.7 Å². The highest BCUT2D eigenvalue weighted by Crippen LogP contribution is 2.38.